The molecule has 0 bridgehead atoms. The number of halogens is 4. The smallest absolute Gasteiger partial charge is 0.406 e. The molecule has 0 unspecified atom stereocenters. The third-order valence-corrected chi connectivity index (χ3v) is 2.15. The summed E-state index contributed by atoms with van der Waals surface area (Å²) < 4.78 is 39.9. The zero-order chi connectivity index (χ0) is 13.6. The van der Waals surface area contributed by atoms with Crippen molar-refractivity contribution in [2.75, 3.05) is 5.33 Å². The first-order valence-corrected chi connectivity index (χ1v) is 5.97. The molecule has 1 aromatic carbocycles. The number of alkyl halides is 4. The first kappa shape index (κ1) is 14.6. The number of hydrogen-bond donors (Lipinski definition) is 0. The Morgan fingerprint density at radius 2 is 2.06 bits per heavy atom. The zero-order valence-corrected chi connectivity index (χ0v) is 10.6. The molecule has 1 aromatic rings. The van der Waals surface area contributed by atoms with Gasteiger partial charge in [0.15, 0.2) is 0 Å². The number of carbonyl (C=O) groups is 1. The van der Waals surface area contributed by atoms with Crippen LogP contribution in [-0.2, 0) is 0 Å². The third-order valence-electron chi connectivity index (χ3n) is 1.75. The second kappa shape index (κ2) is 6.45. The van der Waals surface area contributed by atoms with Crippen molar-refractivity contribution < 1.29 is 22.7 Å². The number of carbonyl (C=O) groups excluding carboxylic acids is 1. The summed E-state index contributed by atoms with van der Waals surface area (Å²) in [5.74, 6) is 4.95. The van der Waals surface area contributed by atoms with Crippen molar-refractivity contribution in [1.29, 1.82) is 0 Å². The number of benzene rings is 1. The Morgan fingerprint density at radius 3 is 2.61 bits per heavy atom. The lowest BCUT2D eigenvalue weighted by Crippen LogP contribution is -2.17. The van der Waals surface area contributed by atoms with Crippen molar-refractivity contribution in [2.24, 2.45) is 0 Å². The highest BCUT2D eigenvalue weighted by Crippen LogP contribution is 2.24. The lowest BCUT2D eigenvalue weighted by Gasteiger charge is -2.09. The Morgan fingerprint density at radius 1 is 1.33 bits per heavy atom. The first-order valence-electron chi connectivity index (χ1n) is 4.85. The van der Waals surface area contributed by atoms with E-state index in [1.807, 2.05) is 0 Å². The van der Waals surface area contributed by atoms with Gasteiger partial charge in [-0.3, -0.25) is 4.79 Å². The van der Waals surface area contributed by atoms with Gasteiger partial charge in [0.25, 0.3) is 0 Å². The van der Waals surface area contributed by atoms with Crippen LogP contribution in [0.4, 0.5) is 13.2 Å². The van der Waals surface area contributed by atoms with Gasteiger partial charge in [-0.1, -0.05) is 27.8 Å². The van der Waals surface area contributed by atoms with Crippen LogP contribution in [0.1, 0.15) is 22.3 Å². The Labute approximate surface area is 110 Å². The summed E-state index contributed by atoms with van der Waals surface area (Å²) in [5, 5.41) is 0.666. The average molecular weight is 321 g/mol. The minimum absolute atomic E-state index is 0.0832. The molecule has 0 fully saturated rings. The molecule has 6 heteroatoms. The van der Waals surface area contributed by atoms with E-state index in [9.17, 15) is 18.0 Å². The molecule has 0 spiro atoms. The van der Waals surface area contributed by atoms with E-state index in [0.717, 1.165) is 12.1 Å². The van der Waals surface area contributed by atoms with Crippen LogP contribution in [-0.4, -0.2) is 18.0 Å². The molecule has 0 heterocycles. The van der Waals surface area contributed by atoms with E-state index in [1.165, 1.54) is 6.07 Å². The van der Waals surface area contributed by atoms with Gasteiger partial charge < -0.3 is 4.74 Å². The van der Waals surface area contributed by atoms with Gasteiger partial charge >= 0.3 is 6.36 Å². The molecule has 0 atom stereocenters. The maximum atomic E-state index is 12.1. The molecule has 0 saturated carbocycles. The van der Waals surface area contributed by atoms with Crippen LogP contribution in [0.15, 0.2) is 18.2 Å². The van der Waals surface area contributed by atoms with Crippen molar-refractivity contribution in [3.05, 3.63) is 29.3 Å². The predicted molar refractivity (Wildman–Crippen MR) is 63.8 cm³/mol. The highest BCUT2D eigenvalue weighted by molar-refractivity contribution is 9.09. The fourth-order valence-corrected chi connectivity index (χ4v) is 1.36. The van der Waals surface area contributed by atoms with Crippen LogP contribution in [0.25, 0.3) is 0 Å². The van der Waals surface area contributed by atoms with Gasteiger partial charge in [-0.25, -0.2) is 0 Å². The van der Waals surface area contributed by atoms with E-state index in [4.69, 9.17) is 0 Å². The summed E-state index contributed by atoms with van der Waals surface area (Å²) in [7, 11) is 0. The molecule has 0 aliphatic carbocycles. The van der Waals surface area contributed by atoms with Gasteiger partial charge in [0.1, 0.15) is 12.0 Å². The summed E-state index contributed by atoms with van der Waals surface area (Å²) in [6.45, 7) is 0. The molecule has 0 aromatic heterocycles. The third kappa shape index (κ3) is 5.23. The lowest BCUT2D eigenvalue weighted by molar-refractivity contribution is -0.274. The van der Waals surface area contributed by atoms with E-state index in [1.54, 1.807) is 0 Å². The Hall–Kier alpha value is -1.48. The molecule has 0 radical (unpaired) electrons. The van der Waals surface area contributed by atoms with Gasteiger partial charge in [0.2, 0.25) is 0 Å². The van der Waals surface area contributed by atoms with Gasteiger partial charge in [-0.2, -0.15) is 0 Å². The van der Waals surface area contributed by atoms with Gasteiger partial charge in [0.05, 0.1) is 0 Å². The average Bonchev–Trinajstić information content (AvgIpc) is 2.26. The van der Waals surface area contributed by atoms with Crippen molar-refractivity contribution in [2.45, 2.75) is 12.8 Å². The molecular weight excluding hydrogens is 313 g/mol. The number of aldehydes is 1. The molecule has 0 N–H and O–H groups in total. The molecule has 96 valence electrons. The second-order valence-electron chi connectivity index (χ2n) is 3.20. The monoisotopic (exact) mass is 320 g/mol. The maximum Gasteiger partial charge on any atom is 0.573 e. The second-order valence-corrected chi connectivity index (χ2v) is 3.99. The van der Waals surface area contributed by atoms with Crippen LogP contribution in [0.5, 0.6) is 5.75 Å². The number of rotatable bonds is 3. The largest absolute Gasteiger partial charge is 0.573 e. The van der Waals surface area contributed by atoms with Gasteiger partial charge in [-0.05, 0) is 18.2 Å². The number of hydrogen-bond acceptors (Lipinski definition) is 2. The van der Waals surface area contributed by atoms with E-state index < -0.39 is 12.1 Å². The standard InChI is InChI=1S/C12H8BrF3O2/c13-4-2-1-3-9-5-10(8-17)7-11(6-9)18-12(14,15)16/h5-8H,2,4H2. The lowest BCUT2D eigenvalue weighted by atomic mass is 10.1. The zero-order valence-electron chi connectivity index (χ0n) is 9.05. The Balaban J connectivity index is 3.03. The van der Waals surface area contributed by atoms with Crippen molar-refractivity contribution >= 4 is 22.2 Å². The molecule has 18 heavy (non-hydrogen) atoms. The minimum Gasteiger partial charge on any atom is -0.406 e. The summed E-state index contributed by atoms with van der Waals surface area (Å²) in [6.07, 6.45) is -3.79. The predicted octanol–water partition coefficient (Wildman–Crippen LogP) is 3.53. The van der Waals surface area contributed by atoms with Crippen molar-refractivity contribution in [3.8, 4) is 17.6 Å². The van der Waals surface area contributed by atoms with Crippen molar-refractivity contribution in [1.82, 2.24) is 0 Å². The van der Waals surface area contributed by atoms with E-state index in [0.29, 0.717) is 23.6 Å². The molecule has 2 nitrogen and oxygen atoms in total. The SMILES string of the molecule is O=Cc1cc(C#CCCBr)cc(OC(F)(F)F)c1. The highest BCUT2D eigenvalue weighted by Gasteiger charge is 2.31. The summed E-state index contributed by atoms with van der Waals surface area (Å²) in [4.78, 5) is 10.6. The normalized spacial score (nSPS) is 10.4. The molecule has 0 amide bonds. The Bertz CT molecular complexity index is 486. The van der Waals surface area contributed by atoms with Crippen LogP contribution in [0.2, 0.25) is 0 Å². The quantitative estimate of drug-likeness (QED) is 0.484. The first-order chi connectivity index (χ1) is 8.44. The van der Waals surface area contributed by atoms with Crippen LogP contribution >= 0.6 is 15.9 Å². The van der Waals surface area contributed by atoms with Crippen LogP contribution in [0.3, 0.4) is 0 Å². The number of ether oxygens (including phenoxy) is 1. The van der Waals surface area contributed by atoms with Gasteiger partial charge in [0, 0.05) is 22.9 Å². The maximum absolute atomic E-state index is 12.1. The summed E-state index contributed by atoms with van der Waals surface area (Å²) >= 11 is 3.17. The topological polar surface area (TPSA) is 26.3 Å². The molecule has 0 saturated heterocycles. The van der Waals surface area contributed by atoms with Crippen LogP contribution < -0.4 is 4.74 Å². The van der Waals surface area contributed by atoms with E-state index in [2.05, 4.69) is 32.5 Å². The molecular formula is C12H8BrF3O2. The fourth-order valence-electron chi connectivity index (χ4n) is 1.17. The van der Waals surface area contributed by atoms with Crippen molar-refractivity contribution in [3.63, 3.8) is 0 Å². The fraction of sp³-hybridized carbons (Fsp3) is 0.250. The summed E-state index contributed by atoms with van der Waals surface area (Å²) in [5.41, 5.74) is 0.389. The van der Waals surface area contributed by atoms with E-state index in [-0.39, 0.29) is 5.56 Å². The molecule has 1 rings (SSSR count). The minimum atomic E-state index is -4.79. The van der Waals surface area contributed by atoms with Gasteiger partial charge in [-0.15, -0.1) is 13.2 Å². The molecule has 0 aliphatic heterocycles. The highest BCUT2D eigenvalue weighted by atomic mass is 79.9. The summed E-state index contributed by atoms with van der Waals surface area (Å²) in [6, 6.07) is 3.55. The molecule has 0 aliphatic rings. The Kier molecular flexibility index (Phi) is 5.23. The van der Waals surface area contributed by atoms with E-state index >= 15 is 0 Å². The van der Waals surface area contributed by atoms with Crippen LogP contribution in [0, 0.1) is 11.8 Å².